The molecule has 10 heteroatoms. The number of hydrazone groups is 1. The molecule has 0 aliphatic carbocycles. The van der Waals surface area contributed by atoms with Gasteiger partial charge in [-0.25, -0.2) is 0 Å². The summed E-state index contributed by atoms with van der Waals surface area (Å²) in [5.74, 6) is 1.59. The quantitative estimate of drug-likeness (QED) is 0.275. The van der Waals surface area contributed by atoms with Crippen LogP contribution >= 0.6 is 11.8 Å². The highest BCUT2D eigenvalue weighted by Gasteiger charge is 2.35. The number of hydrogen-bond donors (Lipinski definition) is 1. The first kappa shape index (κ1) is 27.3. The lowest BCUT2D eigenvalue weighted by atomic mass is 10.1. The Morgan fingerprint density at radius 2 is 1.74 bits per heavy atom. The number of amidine groups is 2. The molecule has 2 aliphatic rings. The zero-order valence-electron chi connectivity index (χ0n) is 22.1. The van der Waals surface area contributed by atoms with E-state index in [0.29, 0.717) is 34.6 Å². The van der Waals surface area contributed by atoms with Crippen molar-refractivity contribution < 1.29 is 23.7 Å². The van der Waals surface area contributed by atoms with Crippen LogP contribution in [0.15, 0.2) is 52.1 Å². The van der Waals surface area contributed by atoms with Crippen molar-refractivity contribution in [3.8, 4) is 23.0 Å². The highest BCUT2D eigenvalue weighted by Crippen LogP contribution is 2.39. The number of unbranched alkanes of at least 4 members (excludes halogenated alkanes) is 2. The predicted octanol–water partition coefficient (Wildman–Crippen LogP) is 5.67. The Balaban J connectivity index is 1.50. The first-order chi connectivity index (χ1) is 18.4. The van der Waals surface area contributed by atoms with Crippen LogP contribution < -0.4 is 18.9 Å². The number of benzene rings is 2. The van der Waals surface area contributed by atoms with Crippen LogP contribution in [-0.2, 0) is 4.79 Å². The van der Waals surface area contributed by atoms with Crippen molar-refractivity contribution in [3.05, 3.63) is 53.1 Å². The number of carbonyl (C=O) groups is 1. The van der Waals surface area contributed by atoms with Crippen molar-refractivity contribution in [2.24, 2.45) is 10.1 Å². The molecule has 0 bridgehead atoms. The Kier molecular flexibility index (Phi) is 9.06. The van der Waals surface area contributed by atoms with Crippen molar-refractivity contribution in [3.63, 3.8) is 0 Å². The monoisotopic (exact) mass is 536 g/mol. The summed E-state index contributed by atoms with van der Waals surface area (Å²) >= 11 is 1.35. The van der Waals surface area contributed by atoms with Crippen LogP contribution in [0.1, 0.15) is 43.7 Å². The van der Waals surface area contributed by atoms with Gasteiger partial charge in [0.25, 0.3) is 5.91 Å². The zero-order valence-corrected chi connectivity index (χ0v) is 22.9. The minimum atomic E-state index is -0.481. The maximum atomic E-state index is 12.8. The third kappa shape index (κ3) is 6.19. The number of aryl methyl sites for hydroxylation is 1. The summed E-state index contributed by atoms with van der Waals surface area (Å²) < 4.78 is 22.9. The maximum absolute atomic E-state index is 12.8. The minimum absolute atomic E-state index is 0.00962. The van der Waals surface area contributed by atoms with E-state index in [9.17, 15) is 4.79 Å². The van der Waals surface area contributed by atoms with Crippen LogP contribution in [0.3, 0.4) is 0 Å². The van der Waals surface area contributed by atoms with Crippen molar-refractivity contribution >= 4 is 39.8 Å². The summed E-state index contributed by atoms with van der Waals surface area (Å²) in [6, 6.07) is 11.2. The van der Waals surface area contributed by atoms with Gasteiger partial charge in [0.2, 0.25) is 10.9 Å². The second-order valence-electron chi connectivity index (χ2n) is 8.69. The van der Waals surface area contributed by atoms with Crippen molar-refractivity contribution in [2.45, 2.75) is 39.5 Å². The normalized spacial score (nSPS) is 15.8. The van der Waals surface area contributed by atoms with E-state index in [1.165, 1.54) is 31.0 Å². The Morgan fingerprint density at radius 1 is 1.03 bits per heavy atom. The average molecular weight is 537 g/mol. The summed E-state index contributed by atoms with van der Waals surface area (Å²) in [7, 11) is 3.06. The molecule has 2 aliphatic heterocycles. The summed E-state index contributed by atoms with van der Waals surface area (Å²) in [6.07, 6.45) is 5.63. The van der Waals surface area contributed by atoms with Gasteiger partial charge in [-0.15, -0.1) is 0 Å². The maximum Gasteiger partial charge on any atom is 0.283 e. The fourth-order valence-corrected chi connectivity index (χ4v) is 4.89. The van der Waals surface area contributed by atoms with Gasteiger partial charge in [-0.2, -0.15) is 15.1 Å². The molecule has 0 spiro atoms. The average Bonchev–Trinajstić information content (AvgIpc) is 3.32. The number of fused-ring (bicyclic) bond motifs is 1. The largest absolute Gasteiger partial charge is 0.493 e. The van der Waals surface area contributed by atoms with Crippen LogP contribution in [-0.4, -0.2) is 54.4 Å². The number of carbonyl (C=O) groups excluding carboxylic acids is 1. The molecule has 0 aromatic heterocycles. The highest BCUT2D eigenvalue weighted by molar-refractivity contribution is 8.26. The Morgan fingerprint density at radius 3 is 2.42 bits per heavy atom. The Bertz CT molecular complexity index is 1280. The molecule has 4 rings (SSSR count). The number of thioether (sulfide) groups is 1. The molecular weight excluding hydrogens is 504 g/mol. The molecule has 1 amide bonds. The lowest BCUT2D eigenvalue weighted by molar-refractivity contribution is -0.114. The van der Waals surface area contributed by atoms with E-state index < -0.39 is 5.91 Å². The topological polar surface area (TPSA) is 106 Å². The molecule has 2 aromatic carbocycles. The number of aliphatic imine (C=N–C) groups is 1. The van der Waals surface area contributed by atoms with Crippen LogP contribution in [0.5, 0.6) is 23.0 Å². The number of ether oxygens (including phenoxy) is 4. The first-order valence-corrected chi connectivity index (χ1v) is 13.3. The minimum Gasteiger partial charge on any atom is -0.493 e. The third-order valence-corrected chi connectivity index (χ3v) is 6.93. The fraction of sp³-hybridized carbons (Fsp3) is 0.357. The van der Waals surface area contributed by atoms with Crippen molar-refractivity contribution in [1.29, 1.82) is 5.41 Å². The number of para-hydroxylation sites is 1. The molecule has 9 nitrogen and oxygen atoms in total. The van der Waals surface area contributed by atoms with E-state index in [1.54, 1.807) is 18.2 Å². The standard InChI is InChI=1S/C28H32N4O5S/c1-5-6-7-12-24-31-32-26(29)20(27(33)30-28(32)38-24)15-19-16-22(34-3)25(23(17-19)35-4)37-14-13-36-21-11-9-8-10-18(21)2/h8-11,15-17,29H,5-7,12-14H2,1-4H3/b20-15+,29-26?. The summed E-state index contributed by atoms with van der Waals surface area (Å²) in [5.41, 5.74) is 1.79. The van der Waals surface area contributed by atoms with E-state index >= 15 is 0 Å². The highest BCUT2D eigenvalue weighted by atomic mass is 32.2. The van der Waals surface area contributed by atoms with Gasteiger partial charge in [0.15, 0.2) is 17.3 Å². The number of rotatable bonds is 12. The summed E-state index contributed by atoms with van der Waals surface area (Å²) in [6.45, 7) is 4.74. The third-order valence-electron chi connectivity index (χ3n) is 5.97. The summed E-state index contributed by atoms with van der Waals surface area (Å²) in [5, 5.41) is 15.9. The molecule has 1 N–H and O–H groups in total. The molecule has 38 heavy (non-hydrogen) atoms. The van der Waals surface area contributed by atoms with Crippen molar-refractivity contribution in [1.82, 2.24) is 5.01 Å². The number of nitrogens with zero attached hydrogens (tertiary/aromatic N) is 3. The van der Waals surface area contributed by atoms with Gasteiger partial charge in [-0.1, -0.05) is 38.0 Å². The number of hydrogen-bond acceptors (Lipinski definition) is 8. The van der Waals surface area contributed by atoms with Gasteiger partial charge in [-0.05, 0) is 66.9 Å². The molecular formula is C28H32N4O5S. The Labute approximate surface area is 227 Å². The zero-order chi connectivity index (χ0) is 27.1. The smallest absolute Gasteiger partial charge is 0.283 e. The molecule has 0 saturated carbocycles. The van der Waals surface area contributed by atoms with E-state index in [1.807, 2.05) is 31.2 Å². The number of nitrogens with one attached hydrogen (secondary N) is 1. The molecule has 0 radical (unpaired) electrons. The number of amides is 1. The summed E-state index contributed by atoms with van der Waals surface area (Å²) in [4.78, 5) is 17.0. The molecule has 2 aromatic rings. The molecule has 0 saturated heterocycles. The lowest BCUT2D eigenvalue weighted by Crippen LogP contribution is -2.35. The Hall–Kier alpha value is -3.79. The molecule has 0 atom stereocenters. The van der Waals surface area contributed by atoms with Gasteiger partial charge < -0.3 is 18.9 Å². The molecule has 2 heterocycles. The van der Waals surface area contributed by atoms with E-state index in [4.69, 9.17) is 24.4 Å². The fourth-order valence-electron chi connectivity index (χ4n) is 3.97. The van der Waals surface area contributed by atoms with E-state index in [-0.39, 0.29) is 18.0 Å². The molecule has 200 valence electrons. The second-order valence-corrected chi connectivity index (χ2v) is 9.73. The molecule has 0 unspecified atom stereocenters. The first-order valence-electron chi connectivity index (χ1n) is 12.5. The molecule has 0 fully saturated rings. The van der Waals surface area contributed by atoms with E-state index in [0.717, 1.165) is 42.0 Å². The van der Waals surface area contributed by atoms with E-state index in [2.05, 4.69) is 17.0 Å². The van der Waals surface area contributed by atoms with Crippen LogP contribution in [0.4, 0.5) is 0 Å². The van der Waals surface area contributed by atoms with Crippen LogP contribution in [0, 0.1) is 12.3 Å². The van der Waals surface area contributed by atoms with Gasteiger partial charge in [0.05, 0.1) is 19.8 Å². The second kappa shape index (κ2) is 12.6. The number of methoxy groups -OCH3 is 2. The lowest BCUT2D eigenvalue weighted by Gasteiger charge is -2.20. The van der Waals surface area contributed by atoms with Crippen molar-refractivity contribution in [2.75, 3.05) is 27.4 Å². The van der Waals surface area contributed by atoms with Crippen LogP contribution in [0.25, 0.3) is 6.08 Å². The SMILES string of the molecule is CCCCCC1=NN2C(=N)/C(=C\c3cc(OC)c(OCCOc4ccccc4C)c(OC)c3)C(=O)N=C2S1. The van der Waals surface area contributed by atoms with Gasteiger partial charge in [-0.3, -0.25) is 10.2 Å². The predicted molar refractivity (Wildman–Crippen MR) is 151 cm³/mol. The van der Waals surface area contributed by atoms with Gasteiger partial charge in [0.1, 0.15) is 24.0 Å². The van der Waals surface area contributed by atoms with Crippen LogP contribution in [0.2, 0.25) is 0 Å². The van der Waals surface area contributed by atoms with Gasteiger partial charge in [0, 0.05) is 0 Å². The van der Waals surface area contributed by atoms with Gasteiger partial charge >= 0.3 is 0 Å².